The molecular weight excluding hydrogens is 428 g/mol. The molecule has 10 heteroatoms. The number of ether oxygens (including phenoxy) is 2. The van der Waals surface area contributed by atoms with Crippen LogP contribution in [0.3, 0.4) is 0 Å². The Morgan fingerprint density at radius 2 is 1.94 bits per heavy atom. The van der Waals surface area contributed by atoms with Crippen LogP contribution in [0, 0.1) is 6.92 Å². The lowest BCUT2D eigenvalue weighted by molar-refractivity contribution is -0.115. The topological polar surface area (TPSA) is 94.4 Å². The summed E-state index contributed by atoms with van der Waals surface area (Å²) < 4.78 is 12.4. The summed E-state index contributed by atoms with van der Waals surface area (Å²) in [4.78, 5) is 15.1. The number of hydrogen-bond acceptors (Lipinski definition) is 8. The molecule has 1 aliphatic heterocycles. The molecule has 0 spiro atoms. The molecule has 1 N–H and O–H groups in total. The molecule has 9 nitrogen and oxygen atoms in total. The van der Waals surface area contributed by atoms with Crippen LogP contribution in [0.1, 0.15) is 12.5 Å². The number of nitrogens with one attached hydrogen (secondary N) is 1. The number of anilines is 2. The number of thioether (sulfide) groups is 1. The van der Waals surface area contributed by atoms with Crippen molar-refractivity contribution < 1.29 is 14.3 Å². The van der Waals surface area contributed by atoms with Crippen molar-refractivity contribution in [3.63, 3.8) is 0 Å². The smallest absolute Gasteiger partial charge is 0.237 e. The second kappa shape index (κ2) is 10.0. The molecule has 0 radical (unpaired) electrons. The van der Waals surface area contributed by atoms with Crippen LogP contribution in [0.15, 0.2) is 47.6 Å². The molecule has 1 aliphatic rings. The molecule has 1 atom stereocenters. The Hall–Kier alpha value is -3.11. The van der Waals surface area contributed by atoms with Gasteiger partial charge in [0, 0.05) is 24.5 Å². The molecule has 4 rings (SSSR count). The third kappa shape index (κ3) is 5.03. The largest absolute Gasteiger partial charge is 0.494 e. The number of aryl methyl sites for hydroxylation is 1. The lowest BCUT2D eigenvalue weighted by Gasteiger charge is -2.28. The maximum Gasteiger partial charge on any atom is 0.237 e. The van der Waals surface area contributed by atoms with Crippen LogP contribution in [0.4, 0.5) is 11.4 Å². The maximum atomic E-state index is 12.8. The fourth-order valence-electron chi connectivity index (χ4n) is 3.40. The Kier molecular flexibility index (Phi) is 6.91. The molecular formula is C22H26N6O3S. The number of carbonyl (C=O) groups is 1. The molecule has 1 aromatic heterocycles. The monoisotopic (exact) mass is 454 g/mol. The van der Waals surface area contributed by atoms with Gasteiger partial charge in [-0.05, 0) is 66.2 Å². The van der Waals surface area contributed by atoms with Gasteiger partial charge in [0.2, 0.25) is 11.1 Å². The minimum Gasteiger partial charge on any atom is -0.494 e. The average molecular weight is 455 g/mol. The van der Waals surface area contributed by atoms with Gasteiger partial charge in [0.15, 0.2) is 0 Å². The van der Waals surface area contributed by atoms with Crippen LogP contribution < -0.4 is 15.0 Å². The Morgan fingerprint density at radius 3 is 2.66 bits per heavy atom. The predicted octanol–water partition coefficient (Wildman–Crippen LogP) is 2.94. The molecule has 2 heterocycles. The summed E-state index contributed by atoms with van der Waals surface area (Å²) in [5.74, 6) is 0.530. The number of tetrazole rings is 1. The summed E-state index contributed by atoms with van der Waals surface area (Å²) in [6.45, 7) is 7.04. The summed E-state index contributed by atoms with van der Waals surface area (Å²) in [7, 11) is 1.60. The van der Waals surface area contributed by atoms with Gasteiger partial charge in [-0.25, -0.2) is 0 Å². The highest BCUT2D eigenvalue weighted by atomic mass is 32.2. The number of methoxy groups -OCH3 is 1. The molecule has 1 fully saturated rings. The molecule has 0 aliphatic carbocycles. The second-order valence-corrected chi connectivity index (χ2v) is 8.75. The normalized spacial score (nSPS) is 14.8. The molecule has 3 aromatic rings. The molecule has 1 amide bonds. The Balaban J connectivity index is 1.42. The van der Waals surface area contributed by atoms with Gasteiger partial charge in [-0.3, -0.25) is 4.79 Å². The number of hydrogen-bond donors (Lipinski definition) is 1. The van der Waals surface area contributed by atoms with E-state index in [4.69, 9.17) is 9.47 Å². The average Bonchev–Trinajstić information content (AvgIpc) is 3.28. The second-order valence-electron chi connectivity index (χ2n) is 7.44. The van der Waals surface area contributed by atoms with Crippen LogP contribution in [-0.2, 0) is 9.53 Å². The molecule has 2 aromatic carbocycles. The number of carbonyl (C=O) groups excluding carboxylic acids is 1. The number of benzene rings is 2. The Labute approximate surface area is 191 Å². The van der Waals surface area contributed by atoms with Crippen LogP contribution in [0.2, 0.25) is 0 Å². The van der Waals surface area contributed by atoms with Gasteiger partial charge in [0.1, 0.15) is 11.4 Å². The SMILES string of the molecule is COc1ccc(C)cc1-n1nnnc1S[C@@H](C)C(=O)Nc1ccc(N2CCOCC2)cc1. The van der Waals surface area contributed by atoms with Crippen LogP contribution >= 0.6 is 11.8 Å². The van der Waals surface area contributed by atoms with Crippen molar-refractivity contribution in [3.05, 3.63) is 48.0 Å². The van der Waals surface area contributed by atoms with Crippen molar-refractivity contribution in [2.75, 3.05) is 43.6 Å². The van der Waals surface area contributed by atoms with E-state index in [2.05, 4.69) is 25.7 Å². The zero-order chi connectivity index (χ0) is 22.5. The van der Waals surface area contributed by atoms with E-state index in [0.717, 1.165) is 48.9 Å². The zero-order valence-electron chi connectivity index (χ0n) is 18.3. The van der Waals surface area contributed by atoms with Gasteiger partial charge in [0.05, 0.1) is 25.6 Å². The number of rotatable bonds is 7. The van der Waals surface area contributed by atoms with E-state index in [1.807, 2.05) is 56.3 Å². The fourth-order valence-corrected chi connectivity index (χ4v) is 4.20. The third-order valence-corrected chi connectivity index (χ3v) is 6.20. The Morgan fingerprint density at radius 1 is 1.19 bits per heavy atom. The molecule has 0 unspecified atom stereocenters. The van der Waals surface area contributed by atoms with Gasteiger partial charge in [-0.2, -0.15) is 4.68 Å². The van der Waals surface area contributed by atoms with E-state index in [1.165, 1.54) is 11.8 Å². The van der Waals surface area contributed by atoms with E-state index in [-0.39, 0.29) is 5.91 Å². The van der Waals surface area contributed by atoms with Crippen molar-refractivity contribution in [2.24, 2.45) is 0 Å². The summed E-state index contributed by atoms with van der Waals surface area (Å²) in [5.41, 5.74) is 3.66. The van der Waals surface area contributed by atoms with E-state index < -0.39 is 5.25 Å². The fraction of sp³-hybridized carbons (Fsp3) is 0.364. The van der Waals surface area contributed by atoms with Crippen molar-refractivity contribution in [1.82, 2.24) is 20.2 Å². The van der Waals surface area contributed by atoms with Crippen LogP contribution in [0.5, 0.6) is 5.75 Å². The standard InChI is InChI=1S/C22H26N6O3S/c1-15-4-9-20(30-3)19(14-15)28-22(24-25-26-28)32-16(2)21(29)23-17-5-7-18(8-6-17)27-10-12-31-13-11-27/h4-9,14,16H,10-13H2,1-3H3,(H,23,29)/t16-/m0/s1. The summed E-state index contributed by atoms with van der Waals surface area (Å²) in [6, 6.07) is 13.6. The van der Waals surface area contributed by atoms with Crippen molar-refractivity contribution >= 4 is 29.0 Å². The van der Waals surface area contributed by atoms with Crippen molar-refractivity contribution in [1.29, 1.82) is 0 Å². The highest BCUT2D eigenvalue weighted by Crippen LogP contribution is 2.29. The van der Waals surface area contributed by atoms with Crippen LogP contribution in [-0.4, -0.2) is 64.8 Å². The number of aromatic nitrogens is 4. The van der Waals surface area contributed by atoms with E-state index in [0.29, 0.717) is 10.9 Å². The third-order valence-electron chi connectivity index (χ3n) is 5.17. The minimum absolute atomic E-state index is 0.125. The predicted molar refractivity (Wildman–Crippen MR) is 124 cm³/mol. The summed E-state index contributed by atoms with van der Waals surface area (Å²) in [6.07, 6.45) is 0. The highest BCUT2D eigenvalue weighted by Gasteiger charge is 2.21. The molecule has 32 heavy (non-hydrogen) atoms. The lowest BCUT2D eigenvalue weighted by Crippen LogP contribution is -2.36. The highest BCUT2D eigenvalue weighted by molar-refractivity contribution is 8.00. The first-order chi connectivity index (χ1) is 15.5. The van der Waals surface area contributed by atoms with Crippen molar-refractivity contribution in [3.8, 4) is 11.4 Å². The molecule has 168 valence electrons. The Bertz CT molecular complexity index is 1070. The van der Waals surface area contributed by atoms with Gasteiger partial charge >= 0.3 is 0 Å². The number of nitrogens with zero attached hydrogens (tertiary/aromatic N) is 5. The summed E-state index contributed by atoms with van der Waals surface area (Å²) in [5, 5.41) is 15.1. The van der Waals surface area contributed by atoms with E-state index >= 15 is 0 Å². The summed E-state index contributed by atoms with van der Waals surface area (Å²) >= 11 is 1.29. The molecule has 0 bridgehead atoms. The quantitative estimate of drug-likeness (QED) is 0.545. The van der Waals surface area contributed by atoms with Crippen molar-refractivity contribution in [2.45, 2.75) is 24.3 Å². The maximum absolute atomic E-state index is 12.8. The minimum atomic E-state index is -0.408. The van der Waals surface area contributed by atoms with Gasteiger partial charge in [0.25, 0.3) is 0 Å². The van der Waals surface area contributed by atoms with Gasteiger partial charge < -0.3 is 19.7 Å². The molecule has 1 saturated heterocycles. The van der Waals surface area contributed by atoms with E-state index in [9.17, 15) is 4.79 Å². The van der Waals surface area contributed by atoms with Crippen LogP contribution in [0.25, 0.3) is 5.69 Å². The number of amides is 1. The van der Waals surface area contributed by atoms with E-state index in [1.54, 1.807) is 11.8 Å². The molecule has 0 saturated carbocycles. The first-order valence-corrected chi connectivity index (χ1v) is 11.3. The number of morpholine rings is 1. The first kappa shape index (κ1) is 22.1. The lowest BCUT2D eigenvalue weighted by atomic mass is 10.2. The first-order valence-electron chi connectivity index (χ1n) is 10.4. The zero-order valence-corrected chi connectivity index (χ0v) is 19.1. The van der Waals surface area contributed by atoms with Gasteiger partial charge in [-0.1, -0.05) is 17.8 Å². The van der Waals surface area contributed by atoms with Gasteiger partial charge in [-0.15, -0.1) is 5.10 Å².